The molecule has 0 saturated heterocycles. The summed E-state index contributed by atoms with van der Waals surface area (Å²) in [6.45, 7) is 3.68. The highest BCUT2D eigenvalue weighted by atomic mass is 16.5. The summed E-state index contributed by atoms with van der Waals surface area (Å²) < 4.78 is 4.95. The van der Waals surface area contributed by atoms with E-state index < -0.39 is 0 Å². The monoisotopic (exact) mass is 278 g/mol. The van der Waals surface area contributed by atoms with Gasteiger partial charge in [0.25, 0.3) is 0 Å². The molecule has 1 amide bonds. The summed E-state index contributed by atoms with van der Waals surface area (Å²) in [5, 5.41) is 5.84. The van der Waals surface area contributed by atoms with Crippen molar-refractivity contribution in [1.29, 1.82) is 0 Å². The van der Waals surface area contributed by atoms with E-state index in [1.807, 2.05) is 31.3 Å². The van der Waals surface area contributed by atoms with Crippen LogP contribution < -0.4 is 10.6 Å². The van der Waals surface area contributed by atoms with Crippen LogP contribution >= 0.6 is 0 Å². The van der Waals surface area contributed by atoms with E-state index >= 15 is 0 Å². The summed E-state index contributed by atoms with van der Waals surface area (Å²) in [5.74, 6) is -0.283. The fourth-order valence-electron chi connectivity index (χ4n) is 1.91. The van der Waals surface area contributed by atoms with E-state index in [1.165, 1.54) is 6.92 Å². The number of ether oxygens (including phenoxy) is 1. The third-order valence-electron chi connectivity index (χ3n) is 2.88. The number of carbonyl (C=O) groups is 2. The Kier molecular flexibility index (Phi) is 6.73. The third-order valence-corrected chi connectivity index (χ3v) is 2.88. The lowest BCUT2D eigenvalue weighted by Crippen LogP contribution is -2.31. The zero-order chi connectivity index (χ0) is 15.0. The highest BCUT2D eigenvalue weighted by Gasteiger charge is 2.13. The number of nitrogens with one attached hydrogen (secondary N) is 2. The number of carbonyl (C=O) groups excluding carboxylic acids is 2. The van der Waals surface area contributed by atoms with E-state index in [2.05, 4.69) is 10.6 Å². The molecule has 0 radical (unpaired) electrons. The normalized spacial score (nSPS) is 11.8. The first-order valence-corrected chi connectivity index (χ1v) is 6.74. The van der Waals surface area contributed by atoms with Gasteiger partial charge in [0.1, 0.15) is 0 Å². The molecule has 0 aromatic heterocycles. The Labute approximate surface area is 119 Å². The van der Waals surface area contributed by atoms with Gasteiger partial charge >= 0.3 is 5.97 Å². The minimum Gasteiger partial charge on any atom is -0.466 e. The first-order chi connectivity index (χ1) is 9.55. The second-order valence-corrected chi connectivity index (χ2v) is 4.58. The molecule has 2 N–H and O–H groups in total. The van der Waals surface area contributed by atoms with Crippen LogP contribution in [0.2, 0.25) is 0 Å². The average Bonchev–Trinajstić information content (AvgIpc) is 2.40. The number of likely N-dealkylation sites (N-methyl/N-ethyl adjacent to an activating group) is 1. The first-order valence-electron chi connectivity index (χ1n) is 6.74. The van der Waals surface area contributed by atoms with Crippen LogP contribution in [0.1, 0.15) is 25.8 Å². The zero-order valence-corrected chi connectivity index (χ0v) is 12.2. The standard InChI is InChI=1S/C15H22N2O3/c1-4-20-15(19)10-14(16-3)9-12-5-7-13(8-6-12)17-11(2)18/h5-8,14,16H,4,9-10H2,1-3H3,(H,17,18). The maximum atomic E-state index is 11.5. The van der Waals surface area contributed by atoms with Crippen molar-refractivity contribution in [1.82, 2.24) is 5.32 Å². The molecule has 0 heterocycles. The summed E-state index contributed by atoms with van der Waals surface area (Å²) in [4.78, 5) is 22.4. The van der Waals surface area contributed by atoms with Gasteiger partial charge in [0, 0.05) is 18.7 Å². The summed E-state index contributed by atoms with van der Waals surface area (Å²) in [6.07, 6.45) is 1.08. The number of anilines is 1. The number of rotatable bonds is 7. The van der Waals surface area contributed by atoms with Crippen molar-refractivity contribution >= 4 is 17.6 Å². The molecule has 5 heteroatoms. The SMILES string of the molecule is CCOC(=O)CC(Cc1ccc(NC(C)=O)cc1)NC. The van der Waals surface area contributed by atoms with Gasteiger partial charge in [0.05, 0.1) is 13.0 Å². The minimum atomic E-state index is -0.193. The van der Waals surface area contributed by atoms with E-state index in [-0.39, 0.29) is 17.9 Å². The van der Waals surface area contributed by atoms with E-state index in [4.69, 9.17) is 4.74 Å². The van der Waals surface area contributed by atoms with E-state index in [0.717, 1.165) is 17.7 Å². The zero-order valence-electron chi connectivity index (χ0n) is 12.2. The number of esters is 1. The lowest BCUT2D eigenvalue weighted by atomic mass is 10.0. The average molecular weight is 278 g/mol. The highest BCUT2D eigenvalue weighted by molar-refractivity contribution is 5.88. The summed E-state index contributed by atoms with van der Waals surface area (Å²) in [7, 11) is 1.83. The number of hydrogen-bond donors (Lipinski definition) is 2. The van der Waals surface area contributed by atoms with Crippen molar-refractivity contribution in [2.75, 3.05) is 19.0 Å². The van der Waals surface area contributed by atoms with Gasteiger partial charge in [0.15, 0.2) is 0 Å². The quantitative estimate of drug-likeness (QED) is 0.745. The van der Waals surface area contributed by atoms with Gasteiger partial charge in [-0.05, 0) is 38.1 Å². The topological polar surface area (TPSA) is 67.4 Å². The number of amides is 1. The maximum Gasteiger partial charge on any atom is 0.307 e. The largest absolute Gasteiger partial charge is 0.466 e. The summed E-state index contributed by atoms with van der Waals surface area (Å²) in [6, 6.07) is 7.64. The number of hydrogen-bond acceptors (Lipinski definition) is 4. The Balaban J connectivity index is 2.56. The van der Waals surface area contributed by atoms with Crippen molar-refractivity contribution in [3.05, 3.63) is 29.8 Å². The maximum absolute atomic E-state index is 11.5. The molecule has 0 aliphatic carbocycles. The fraction of sp³-hybridized carbons (Fsp3) is 0.467. The molecular formula is C15H22N2O3. The predicted octanol–water partition coefficient (Wildman–Crippen LogP) is 1.73. The van der Waals surface area contributed by atoms with Crippen LogP contribution in [-0.2, 0) is 20.7 Å². The number of benzene rings is 1. The van der Waals surface area contributed by atoms with Gasteiger partial charge in [0.2, 0.25) is 5.91 Å². The van der Waals surface area contributed by atoms with Crippen LogP contribution in [0.3, 0.4) is 0 Å². The van der Waals surface area contributed by atoms with Gasteiger partial charge in [-0.3, -0.25) is 9.59 Å². The van der Waals surface area contributed by atoms with E-state index in [1.54, 1.807) is 6.92 Å². The smallest absolute Gasteiger partial charge is 0.307 e. The molecule has 20 heavy (non-hydrogen) atoms. The molecule has 1 aromatic carbocycles. The molecule has 0 saturated carbocycles. The molecule has 5 nitrogen and oxygen atoms in total. The summed E-state index contributed by atoms with van der Waals surface area (Å²) >= 11 is 0. The van der Waals surface area contributed by atoms with Gasteiger partial charge in [-0.2, -0.15) is 0 Å². The molecule has 0 fully saturated rings. The summed E-state index contributed by atoms with van der Waals surface area (Å²) in [5.41, 5.74) is 1.87. The van der Waals surface area contributed by atoms with Crippen molar-refractivity contribution in [2.24, 2.45) is 0 Å². The minimum absolute atomic E-state index is 0.0423. The molecule has 0 spiro atoms. The molecule has 110 valence electrons. The third kappa shape index (κ3) is 5.84. The Morgan fingerprint density at radius 2 is 1.90 bits per heavy atom. The van der Waals surface area contributed by atoms with Gasteiger partial charge in [-0.15, -0.1) is 0 Å². The van der Waals surface area contributed by atoms with Crippen LogP contribution in [0.4, 0.5) is 5.69 Å². The van der Waals surface area contributed by atoms with E-state index in [0.29, 0.717) is 13.0 Å². The molecular weight excluding hydrogens is 256 g/mol. The lowest BCUT2D eigenvalue weighted by Gasteiger charge is -2.15. The Hall–Kier alpha value is -1.88. The first kappa shape index (κ1) is 16.2. The van der Waals surface area contributed by atoms with Gasteiger partial charge < -0.3 is 15.4 Å². The second kappa shape index (κ2) is 8.32. The molecule has 1 rings (SSSR count). The van der Waals surface area contributed by atoms with Crippen molar-refractivity contribution in [2.45, 2.75) is 32.7 Å². The van der Waals surface area contributed by atoms with Crippen LogP contribution in [0.25, 0.3) is 0 Å². The van der Waals surface area contributed by atoms with Crippen molar-refractivity contribution in [3.63, 3.8) is 0 Å². The van der Waals surface area contributed by atoms with Crippen LogP contribution in [0, 0.1) is 0 Å². The Morgan fingerprint density at radius 3 is 2.40 bits per heavy atom. The van der Waals surface area contributed by atoms with Gasteiger partial charge in [-0.1, -0.05) is 12.1 Å². The molecule has 1 aromatic rings. The lowest BCUT2D eigenvalue weighted by molar-refractivity contribution is -0.143. The van der Waals surface area contributed by atoms with Crippen LogP contribution in [0.15, 0.2) is 24.3 Å². The molecule has 0 aliphatic heterocycles. The predicted molar refractivity (Wildman–Crippen MR) is 78.5 cm³/mol. The fourth-order valence-corrected chi connectivity index (χ4v) is 1.91. The highest BCUT2D eigenvalue weighted by Crippen LogP contribution is 2.12. The van der Waals surface area contributed by atoms with Crippen molar-refractivity contribution < 1.29 is 14.3 Å². The van der Waals surface area contributed by atoms with Crippen molar-refractivity contribution in [3.8, 4) is 0 Å². The Bertz CT molecular complexity index is 443. The van der Waals surface area contributed by atoms with Crippen LogP contribution in [-0.4, -0.2) is 31.6 Å². The van der Waals surface area contributed by atoms with Crippen LogP contribution in [0.5, 0.6) is 0 Å². The van der Waals surface area contributed by atoms with Gasteiger partial charge in [-0.25, -0.2) is 0 Å². The molecule has 0 bridgehead atoms. The molecule has 1 atom stereocenters. The molecule has 0 aliphatic rings. The second-order valence-electron chi connectivity index (χ2n) is 4.58. The van der Waals surface area contributed by atoms with E-state index in [9.17, 15) is 9.59 Å². The Morgan fingerprint density at radius 1 is 1.25 bits per heavy atom. The molecule has 1 unspecified atom stereocenters.